The Labute approximate surface area is 155 Å². The van der Waals surface area contributed by atoms with Crippen LogP contribution in [-0.4, -0.2) is 26.6 Å². The van der Waals surface area contributed by atoms with Crippen LogP contribution in [0.4, 0.5) is 0 Å². The van der Waals surface area contributed by atoms with Gasteiger partial charge in [0.15, 0.2) is 0 Å². The summed E-state index contributed by atoms with van der Waals surface area (Å²) >= 11 is 11.5. The maximum absolute atomic E-state index is 11.1. The molecule has 0 aliphatic carbocycles. The van der Waals surface area contributed by atoms with Crippen molar-refractivity contribution in [2.75, 3.05) is 6.61 Å². The molecule has 0 fully saturated rings. The van der Waals surface area contributed by atoms with E-state index in [4.69, 9.17) is 27.9 Å². The predicted molar refractivity (Wildman–Crippen MR) is 105 cm³/mol. The minimum absolute atomic E-state index is 0.0461. The van der Waals surface area contributed by atoms with Gasteiger partial charge in [-0.15, -0.1) is 23.2 Å². The molecule has 23 heavy (non-hydrogen) atoms. The Morgan fingerprint density at radius 1 is 0.913 bits per heavy atom. The van der Waals surface area contributed by atoms with E-state index in [9.17, 15) is 4.79 Å². The van der Waals surface area contributed by atoms with Crippen LogP contribution in [0.15, 0.2) is 12.2 Å². The summed E-state index contributed by atoms with van der Waals surface area (Å²) in [5, 5.41) is 0. The average Bonchev–Trinajstić information content (AvgIpc) is 2.51. The second-order valence-electron chi connectivity index (χ2n) is 6.09. The van der Waals surface area contributed by atoms with Gasteiger partial charge in [-0.05, 0) is 13.3 Å². The second-order valence-corrected chi connectivity index (χ2v) is 10.5. The summed E-state index contributed by atoms with van der Waals surface area (Å²) < 4.78 is 5.01. The smallest absolute Gasteiger partial charge is 0.330 e. The molecule has 0 bridgehead atoms. The van der Waals surface area contributed by atoms with Gasteiger partial charge in [0.1, 0.15) is 0 Å². The molecule has 0 radical (unpaired) electrons. The molecule has 0 saturated heterocycles. The number of carbonyl (C=O) groups excluding carboxylic acids is 1. The molecular formula is C18H34Cl2O2Si. The number of halogens is 2. The highest BCUT2D eigenvalue weighted by Gasteiger charge is 1.99. The minimum Gasteiger partial charge on any atom is -0.463 e. The van der Waals surface area contributed by atoms with E-state index in [2.05, 4.69) is 0 Å². The Morgan fingerprint density at radius 2 is 1.39 bits per heavy atom. The van der Waals surface area contributed by atoms with E-state index in [1.807, 2.05) is 6.92 Å². The molecule has 2 nitrogen and oxygen atoms in total. The van der Waals surface area contributed by atoms with Crippen LogP contribution in [0.3, 0.4) is 0 Å². The molecule has 0 spiro atoms. The molecule has 0 N–H and O–H groups in total. The Hall–Kier alpha value is 0.00688. The van der Waals surface area contributed by atoms with Crippen molar-refractivity contribution < 1.29 is 9.53 Å². The molecule has 0 rings (SSSR count). The first kappa shape index (κ1) is 23.0. The van der Waals surface area contributed by atoms with Gasteiger partial charge in [0, 0.05) is 6.08 Å². The van der Waals surface area contributed by atoms with Crippen molar-refractivity contribution in [2.24, 2.45) is 0 Å². The van der Waals surface area contributed by atoms with Crippen LogP contribution in [0.5, 0.6) is 0 Å². The normalized spacial score (nSPS) is 12.0. The molecule has 0 unspecified atom stereocenters. The molecule has 0 aliphatic heterocycles. The van der Waals surface area contributed by atoms with E-state index >= 15 is 0 Å². The lowest BCUT2D eigenvalue weighted by Gasteiger charge is -2.04. The van der Waals surface area contributed by atoms with Crippen molar-refractivity contribution in [2.45, 2.75) is 88.1 Å². The van der Waals surface area contributed by atoms with Gasteiger partial charge in [-0.1, -0.05) is 76.3 Å². The second kappa shape index (κ2) is 18.3. The average molecular weight is 381 g/mol. The molecule has 5 heteroatoms. The Bertz CT molecular complexity index is 297. The molecular weight excluding hydrogens is 347 g/mol. The van der Waals surface area contributed by atoms with Crippen molar-refractivity contribution in [3.8, 4) is 0 Å². The highest BCUT2D eigenvalue weighted by atomic mass is 35.5. The fourth-order valence-corrected chi connectivity index (χ4v) is 4.40. The number of alkyl halides is 2. The fraction of sp³-hybridized carbons (Fsp3) is 0.833. The summed E-state index contributed by atoms with van der Waals surface area (Å²) in [6.07, 6.45) is 17.3. The van der Waals surface area contributed by atoms with E-state index in [1.54, 1.807) is 6.08 Å². The molecule has 0 atom stereocenters. The third-order valence-electron chi connectivity index (χ3n) is 3.86. The summed E-state index contributed by atoms with van der Waals surface area (Å²) in [7, 11) is -0.221. The van der Waals surface area contributed by atoms with Crippen LogP contribution in [0, 0.1) is 0 Å². The number of carbonyl (C=O) groups is 1. The highest BCUT2D eigenvalue weighted by Crippen LogP contribution is 2.13. The number of hydrogen-bond acceptors (Lipinski definition) is 2. The summed E-state index contributed by atoms with van der Waals surface area (Å²) in [4.78, 5) is 11.1. The number of hydrogen-bond donors (Lipinski definition) is 0. The third kappa shape index (κ3) is 20.0. The van der Waals surface area contributed by atoms with Crippen LogP contribution >= 0.6 is 23.2 Å². The molecule has 0 heterocycles. The molecule has 0 aliphatic rings. The van der Waals surface area contributed by atoms with Crippen LogP contribution in [0.1, 0.15) is 77.6 Å². The van der Waals surface area contributed by atoms with Gasteiger partial charge in [-0.3, -0.25) is 0 Å². The van der Waals surface area contributed by atoms with Crippen LogP contribution in [0.2, 0.25) is 6.04 Å². The van der Waals surface area contributed by atoms with Crippen LogP contribution in [0.25, 0.3) is 0 Å². The third-order valence-corrected chi connectivity index (χ3v) is 6.52. The van der Waals surface area contributed by atoms with Gasteiger partial charge in [-0.2, -0.15) is 0 Å². The van der Waals surface area contributed by atoms with Gasteiger partial charge in [-0.25, -0.2) is 4.79 Å². The minimum atomic E-state index is -0.222. The number of ether oxygens (including phenoxy) is 1. The van der Waals surface area contributed by atoms with E-state index < -0.39 is 0 Å². The van der Waals surface area contributed by atoms with Crippen molar-refractivity contribution >= 4 is 38.7 Å². The molecule has 0 aromatic carbocycles. The van der Waals surface area contributed by atoms with Gasteiger partial charge in [0.25, 0.3) is 0 Å². The van der Waals surface area contributed by atoms with Crippen LogP contribution in [-0.2, 0) is 9.53 Å². The number of esters is 1. The summed E-state index contributed by atoms with van der Waals surface area (Å²) in [6, 6.07) is 1.29. The van der Waals surface area contributed by atoms with Gasteiger partial charge in [0.05, 0.1) is 20.6 Å². The molecule has 0 saturated carbocycles. The number of unbranched alkanes of at least 4 members (excludes halogenated alkanes) is 10. The Balaban J connectivity index is 3.07. The lowest BCUT2D eigenvalue weighted by atomic mass is 10.1. The summed E-state index contributed by atoms with van der Waals surface area (Å²) in [5.74, 6) is -0.222. The fourth-order valence-electron chi connectivity index (χ4n) is 2.53. The Kier molecular flexibility index (Phi) is 18.4. The standard InChI is InChI=1S/C18H34Cl2O2Si/c1-2-14-17(21)22-15-12-10-8-6-4-3-5-7-9-11-13-16-23-18(19)20/h2,14,18H,3-13,15-16,23H2,1H3. The summed E-state index contributed by atoms with van der Waals surface area (Å²) in [5.41, 5.74) is 0. The largest absolute Gasteiger partial charge is 0.463 e. The Morgan fingerprint density at radius 3 is 1.87 bits per heavy atom. The maximum Gasteiger partial charge on any atom is 0.330 e. The zero-order valence-corrected chi connectivity index (χ0v) is 17.6. The first-order valence-electron chi connectivity index (χ1n) is 9.24. The zero-order valence-electron chi connectivity index (χ0n) is 14.7. The lowest BCUT2D eigenvalue weighted by Crippen LogP contribution is -2.01. The van der Waals surface area contributed by atoms with Gasteiger partial charge in [0.2, 0.25) is 0 Å². The van der Waals surface area contributed by atoms with Gasteiger partial charge < -0.3 is 4.74 Å². The SMILES string of the molecule is CC=CC(=O)OCCCCCCCCCCCCC[SiH2]C(Cl)Cl. The van der Waals surface area contributed by atoms with E-state index in [0.29, 0.717) is 6.61 Å². The van der Waals surface area contributed by atoms with Crippen molar-refractivity contribution in [3.63, 3.8) is 0 Å². The number of rotatable bonds is 16. The monoisotopic (exact) mass is 380 g/mol. The topological polar surface area (TPSA) is 26.3 Å². The van der Waals surface area contributed by atoms with Crippen molar-refractivity contribution in [1.82, 2.24) is 0 Å². The predicted octanol–water partition coefficient (Wildman–Crippen LogP) is 5.75. The first-order chi connectivity index (χ1) is 11.2. The van der Waals surface area contributed by atoms with Crippen LogP contribution < -0.4 is 0 Å². The van der Waals surface area contributed by atoms with Crippen molar-refractivity contribution in [1.29, 1.82) is 0 Å². The first-order valence-corrected chi connectivity index (χ1v) is 11.9. The molecule has 0 amide bonds. The highest BCUT2D eigenvalue weighted by molar-refractivity contribution is 6.68. The molecule has 0 aromatic heterocycles. The lowest BCUT2D eigenvalue weighted by molar-refractivity contribution is -0.137. The van der Waals surface area contributed by atoms with E-state index in [0.717, 1.165) is 12.8 Å². The van der Waals surface area contributed by atoms with Gasteiger partial charge >= 0.3 is 5.97 Å². The molecule has 0 aromatic rings. The summed E-state index contributed by atoms with van der Waals surface area (Å²) in [6.45, 7) is 2.38. The number of allylic oxidation sites excluding steroid dienone is 1. The van der Waals surface area contributed by atoms with Crippen molar-refractivity contribution in [3.05, 3.63) is 12.2 Å². The van der Waals surface area contributed by atoms with E-state index in [1.165, 1.54) is 69.9 Å². The zero-order chi connectivity index (χ0) is 17.2. The quantitative estimate of drug-likeness (QED) is 0.112. The van der Waals surface area contributed by atoms with E-state index in [-0.39, 0.29) is 19.9 Å². The maximum atomic E-state index is 11.1. The molecule has 136 valence electrons.